The van der Waals surface area contributed by atoms with Gasteiger partial charge >= 0.3 is 5.97 Å². The lowest BCUT2D eigenvalue weighted by Gasteiger charge is -2.09. The van der Waals surface area contributed by atoms with Gasteiger partial charge in [0, 0.05) is 22.9 Å². The van der Waals surface area contributed by atoms with Crippen LogP contribution >= 0.6 is 11.3 Å². The molecule has 0 N–H and O–H groups in total. The topological polar surface area (TPSA) is 74.7 Å². The van der Waals surface area contributed by atoms with Gasteiger partial charge in [-0.15, -0.1) is 11.3 Å². The molecule has 0 amide bonds. The Hall–Kier alpha value is -3.19. The number of ketones is 1. The Labute approximate surface area is 178 Å². The zero-order chi connectivity index (χ0) is 20.9. The predicted octanol–water partition coefficient (Wildman–Crippen LogP) is 4.57. The van der Waals surface area contributed by atoms with Crippen molar-refractivity contribution in [2.45, 2.75) is 19.8 Å². The number of ether oxygens (including phenoxy) is 3. The highest BCUT2D eigenvalue weighted by atomic mass is 32.1. The lowest BCUT2D eigenvalue weighted by molar-refractivity contribution is 0.0470. The van der Waals surface area contributed by atoms with Crippen LogP contribution in [0.4, 0.5) is 0 Å². The molecule has 2 aromatic carbocycles. The first kappa shape index (κ1) is 20.1. The summed E-state index contributed by atoms with van der Waals surface area (Å²) in [5, 5.41) is 2.38. The molecule has 0 unspecified atom stereocenters. The van der Waals surface area contributed by atoms with Gasteiger partial charge in [0.1, 0.15) is 5.01 Å². The van der Waals surface area contributed by atoms with E-state index in [2.05, 4.69) is 11.9 Å². The first-order valence-electron chi connectivity index (χ1n) is 9.79. The molecule has 0 saturated carbocycles. The number of benzene rings is 2. The Kier molecular flexibility index (Phi) is 6.09. The molecule has 1 aliphatic heterocycles. The molecule has 1 aromatic heterocycles. The predicted molar refractivity (Wildman–Crippen MR) is 114 cm³/mol. The molecule has 0 saturated heterocycles. The van der Waals surface area contributed by atoms with Crippen molar-refractivity contribution in [2.75, 3.05) is 19.8 Å². The highest BCUT2D eigenvalue weighted by Gasteiger charge is 2.18. The van der Waals surface area contributed by atoms with E-state index >= 15 is 0 Å². The smallest absolute Gasteiger partial charge is 0.358 e. The van der Waals surface area contributed by atoms with Crippen molar-refractivity contribution in [1.29, 1.82) is 0 Å². The van der Waals surface area contributed by atoms with Crippen molar-refractivity contribution in [2.24, 2.45) is 0 Å². The van der Waals surface area contributed by atoms with Gasteiger partial charge in [0.15, 0.2) is 29.6 Å². The maximum absolute atomic E-state index is 12.4. The highest BCUT2D eigenvalue weighted by Crippen LogP contribution is 2.30. The molecule has 0 spiro atoms. The summed E-state index contributed by atoms with van der Waals surface area (Å²) in [7, 11) is 0. The SMILES string of the molecule is CCc1ccc(-c2nc(C(=O)OCC(=O)c3ccc4c(c3)OCCCO4)cs2)cc1. The molecule has 2 heterocycles. The number of aryl methyl sites for hydroxylation is 1. The fourth-order valence-corrected chi connectivity index (χ4v) is 3.80. The quantitative estimate of drug-likeness (QED) is 0.427. The Bertz CT molecular complexity index is 1060. The molecule has 0 atom stereocenters. The van der Waals surface area contributed by atoms with E-state index in [1.807, 2.05) is 24.3 Å². The monoisotopic (exact) mass is 423 g/mol. The zero-order valence-corrected chi connectivity index (χ0v) is 17.4. The Morgan fingerprint density at radius 1 is 1.07 bits per heavy atom. The minimum absolute atomic E-state index is 0.195. The molecule has 0 fully saturated rings. The van der Waals surface area contributed by atoms with Crippen LogP contribution in [0, 0.1) is 0 Å². The minimum atomic E-state index is -0.620. The molecule has 3 aromatic rings. The third-order valence-corrected chi connectivity index (χ3v) is 5.62. The highest BCUT2D eigenvalue weighted by molar-refractivity contribution is 7.13. The van der Waals surface area contributed by atoms with E-state index < -0.39 is 5.97 Å². The van der Waals surface area contributed by atoms with Crippen LogP contribution in [0.3, 0.4) is 0 Å². The lowest BCUT2D eigenvalue weighted by Crippen LogP contribution is -2.14. The number of carbonyl (C=O) groups is 2. The summed E-state index contributed by atoms with van der Waals surface area (Å²) in [5.74, 6) is 0.209. The minimum Gasteiger partial charge on any atom is -0.490 e. The number of nitrogens with zero attached hydrogens (tertiary/aromatic N) is 1. The van der Waals surface area contributed by atoms with Gasteiger partial charge in [-0.25, -0.2) is 9.78 Å². The van der Waals surface area contributed by atoms with E-state index in [1.54, 1.807) is 23.6 Å². The summed E-state index contributed by atoms with van der Waals surface area (Å²) in [6, 6.07) is 13.0. The molecule has 0 aliphatic carbocycles. The summed E-state index contributed by atoms with van der Waals surface area (Å²) >= 11 is 1.37. The van der Waals surface area contributed by atoms with Gasteiger partial charge in [-0.1, -0.05) is 31.2 Å². The van der Waals surface area contributed by atoms with E-state index in [9.17, 15) is 9.59 Å². The maximum Gasteiger partial charge on any atom is 0.358 e. The van der Waals surface area contributed by atoms with E-state index in [0.717, 1.165) is 23.4 Å². The number of fused-ring (bicyclic) bond motifs is 1. The third-order valence-electron chi connectivity index (χ3n) is 4.73. The fourth-order valence-electron chi connectivity index (χ4n) is 3.01. The second-order valence-electron chi connectivity index (χ2n) is 6.80. The normalized spacial score (nSPS) is 12.8. The van der Waals surface area contributed by atoms with Crippen LogP contribution in [-0.4, -0.2) is 36.6 Å². The van der Waals surface area contributed by atoms with E-state index in [-0.39, 0.29) is 18.1 Å². The Morgan fingerprint density at radius 3 is 2.60 bits per heavy atom. The Balaban J connectivity index is 1.38. The van der Waals surface area contributed by atoms with Crippen LogP contribution in [0.2, 0.25) is 0 Å². The van der Waals surface area contributed by atoms with Gasteiger partial charge < -0.3 is 14.2 Å². The standard InChI is InChI=1S/C23H21NO5S/c1-2-15-4-6-16(7-5-15)22-24-18(14-30-22)23(26)29-13-19(25)17-8-9-20-21(12-17)28-11-3-10-27-20/h4-9,12,14H,2-3,10-11,13H2,1H3. The summed E-state index contributed by atoms with van der Waals surface area (Å²) < 4.78 is 16.3. The molecular weight excluding hydrogens is 402 g/mol. The molecule has 7 heteroatoms. The van der Waals surface area contributed by atoms with Crippen LogP contribution < -0.4 is 9.47 Å². The molecule has 154 valence electrons. The van der Waals surface area contributed by atoms with Crippen molar-refractivity contribution >= 4 is 23.1 Å². The fraction of sp³-hybridized carbons (Fsp3) is 0.261. The number of rotatable bonds is 6. The van der Waals surface area contributed by atoms with Gasteiger partial charge in [-0.2, -0.15) is 0 Å². The second-order valence-corrected chi connectivity index (χ2v) is 7.66. The molecule has 0 radical (unpaired) electrons. The average Bonchev–Trinajstić information content (AvgIpc) is 3.16. The Morgan fingerprint density at radius 2 is 1.83 bits per heavy atom. The molecule has 6 nitrogen and oxygen atoms in total. The first-order chi connectivity index (χ1) is 14.6. The van der Waals surface area contributed by atoms with Gasteiger partial charge in [-0.05, 0) is 30.2 Å². The summed E-state index contributed by atoms with van der Waals surface area (Å²) in [6.45, 7) is 2.85. The lowest BCUT2D eigenvalue weighted by atomic mass is 10.1. The van der Waals surface area contributed by atoms with Gasteiger partial charge in [0.05, 0.1) is 13.2 Å². The van der Waals surface area contributed by atoms with Crippen molar-refractivity contribution in [3.8, 4) is 22.1 Å². The number of esters is 1. The number of thiazole rings is 1. The third kappa shape index (κ3) is 4.52. The number of hydrogen-bond acceptors (Lipinski definition) is 7. The van der Waals surface area contributed by atoms with E-state index in [1.165, 1.54) is 16.9 Å². The van der Waals surface area contributed by atoms with Gasteiger partial charge in [0.25, 0.3) is 0 Å². The van der Waals surface area contributed by atoms with Crippen LogP contribution in [0.15, 0.2) is 47.8 Å². The molecule has 4 rings (SSSR count). The largest absolute Gasteiger partial charge is 0.490 e. The van der Waals surface area contributed by atoms with E-state index in [4.69, 9.17) is 14.2 Å². The van der Waals surface area contributed by atoms with Crippen molar-refractivity contribution in [3.63, 3.8) is 0 Å². The van der Waals surface area contributed by atoms with Crippen molar-refractivity contribution in [3.05, 3.63) is 64.7 Å². The van der Waals surface area contributed by atoms with Gasteiger partial charge in [0.2, 0.25) is 0 Å². The molecule has 0 bridgehead atoms. The first-order valence-corrected chi connectivity index (χ1v) is 10.7. The van der Waals surface area contributed by atoms with Crippen LogP contribution in [0.1, 0.15) is 39.8 Å². The van der Waals surface area contributed by atoms with Crippen molar-refractivity contribution < 1.29 is 23.8 Å². The number of aromatic nitrogens is 1. The van der Waals surface area contributed by atoms with Crippen molar-refractivity contribution in [1.82, 2.24) is 4.98 Å². The molecular formula is C23H21NO5S. The number of hydrogen-bond donors (Lipinski definition) is 0. The average molecular weight is 423 g/mol. The van der Waals surface area contributed by atoms with Gasteiger partial charge in [-0.3, -0.25) is 4.79 Å². The van der Waals surface area contributed by atoms with Crippen LogP contribution in [0.5, 0.6) is 11.5 Å². The number of carbonyl (C=O) groups excluding carboxylic acids is 2. The van der Waals surface area contributed by atoms with Crippen LogP contribution in [0.25, 0.3) is 10.6 Å². The molecule has 1 aliphatic rings. The zero-order valence-electron chi connectivity index (χ0n) is 16.6. The summed E-state index contributed by atoms with van der Waals surface area (Å²) in [6.07, 6.45) is 1.75. The summed E-state index contributed by atoms with van der Waals surface area (Å²) in [5.41, 5.74) is 2.78. The second kappa shape index (κ2) is 9.09. The molecule has 30 heavy (non-hydrogen) atoms. The van der Waals surface area contributed by atoms with Crippen LogP contribution in [-0.2, 0) is 11.2 Å². The summed E-state index contributed by atoms with van der Waals surface area (Å²) in [4.78, 5) is 29.1. The van der Waals surface area contributed by atoms with E-state index in [0.29, 0.717) is 30.3 Å². The maximum atomic E-state index is 12.4. The number of Topliss-reactive ketones (excluding diaryl/α,β-unsaturated/α-hetero) is 1.